The first-order chi connectivity index (χ1) is 9.28. The Kier molecular flexibility index (Phi) is 3.53. The standard InChI is InChI=1S/C14H16ClN3O/c15-11-1-2-13-12(7-11)14(17-9-16-13)18-5-3-10(8-19)4-6-18/h1-2,7,9-10,19H,3-6,8H2. The number of benzene rings is 1. The van der Waals surface area contributed by atoms with Crippen molar-refractivity contribution in [1.82, 2.24) is 9.97 Å². The zero-order chi connectivity index (χ0) is 13.2. The molecule has 2 aromatic rings. The van der Waals surface area contributed by atoms with E-state index in [2.05, 4.69) is 14.9 Å². The predicted octanol–water partition coefficient (Wildman–Crippen LogP) is 2.49. The molecule has 0 radical (unpaired) electrons. The maximum atomic E-state index is 9.19. The maximum absolute atomic E-state index is 9.19. The molecular formula is C14H16ClN3O. The normalized spacial score (nSPS) is 17.1. The van der Waals surface area contributed by atoms with Crippen molar-refractivity contribution >= 4 is 28.3 Å². The molecule has 0 aliphatic carbocycles. The molecule has 1 aromatic carbocycles. The van der Waals surface area contributed by atoms with Crippen LogP contribution in [0.4, 0.5) is 5.82 Å². The fourth-order valence-electron chi connectivity index (χ4n) is 2.59. The number of hydrogen-bond donors (Lipinski definition) is 1. The molecule has 1 saturated heterocycles. The lowest BCUT2D eigenvalue weighted by atomic mass is 9.98. The maximum Gasteiger partial charge on any atom is 0.139 e. The highest BCUT2D eigenvalue weighted by molar-refractivity contribution is 6.31. The van der Waals surface area contributed by atoms with Crippen LogP contribution < -0.4 is 4.90 Å². The molecule has 0 spiro atoms. The molecule has 1 aliphatic heterocycles. The first kappa shape index (κ1) is 12.6. The van der Waals surface area contributed by atoms with E-state index < -0.39 is 0 Å². The number of fused-ring (bicyclic) bond motifs is 1. The van der Waals surface area contributed by atoms with Gasteiger partial charge in [0.25, 0.3) is 0 Å². The molecule has 0 atom stereocenters. The number of nitrogens with zero attached hydrogens (tertiary/aromatic N) is 3. The summed E-state index contributed by atoms with van der Waals surface area (Å²) in [5.74, 6) is 1.37. The van der Waals surface area contributed by atoms with Crippen molar-refractivity contribution in [2.45, 2.75) is 12.8 Å². The molecule has 1 aromatic heterocycles. The lowest BCUT2D eigenvalue weighted by molar-refractivity contribution is 0.203. The van der Waals surface area contributed by atoms with Crippen LogP contribution in [0, 0.1) is 5.92 Å². The van der Waals surface area contributed by atoms with Gasteiger partial charge in [0.2, 0.25) is 0 Å². The van der Waals surface area contributed by atoms with Crippen LogP contribution in [0.1, 0.15) is 12.8 Å². The van der Waals surface area contributed by atoms with Crippen molar-refractivity contribution in [3.05, 3.63) is 29.5 Å². The summed E-state index contributed by atoms with van der Waals surface area (Å²) in [6.07, 6.45) is 3.61. The number of aliphatic hydroxyl groups excluding tert-OH is 1. The van der Waals surface area contributed by atoms with Crippen LogP contribution in [-0.4, -0.2) is 34.8 Å². The molecule has 1 N–H and O–H groups in total. The Morgan fingerprint density at radius 2 is 2.05 bits per heavy atom. The van der Waals surface area contributed by atoms with E-state index >= 15 is 0 Å². The Bertz CT molecular complexity index is 582. The van der Waals surface area contributed by atoms with Crippen LogP contribution in [0.3, 0.4) is 0 Å². The Balaban J connectivity index is 1.94. The van der Waals surface area contributed by atoms with Crippen LogP contribution in [0.5, 0.6) is 0 Å². The van der Waals surface area contributed by atoms with Gasteiger partial charge in [-0.25, -0.2) is 9.97 Å². The van der Waals surface area contributed by atoms with Crippen molar-refractivity contribution in [3.8, 4) is 0 Å². The van der Waals surface area contributed by atoms with Gasteiger partial charge in [-0.15, -0.1) is 0 Å². The van der Waals surface area contributed by atoms with E-state index in [1.807, 2.05) is 18.2 Å². The topological polar surface area (TPSA) is 49.2 Å². The zero-order valence-electron chi connectivity index (χ0n) is 10.6. The summed E-state index contributed by atoms with van der Waals surface area (Å²) in [7, 11) is 0. The van der Waals surface area contributed by atoms with Crippen LogP contribution >= 0.6 is 11.6 Å². The van der Waals surface area contributed by atoms with Crippen LogP contribution in [0.15, 0.2) is 24.5 Å². The molecule has 2 heterocycles. The number of aromatic nitrogens is 2. The summed E-state index contributed by atoms with van der Waals surface area (Å²) < 4.78 is 0. The van der Waals surface area contributed by atoms with E-state index in [9.17, 15) is 5.11 Å². The van der Waals surface area contributed by atoms with E-state index in [1.54, 1.807) is 6.33 Å². The summed E-state index contributed by atoms with van der Waals surface area (Å²) in [5.41, 5.74) is 0.915. The average molecular weight is 278 g/mol. The van der Waals surface area contributed by atoms with Crippen LogP contribution in [-0.2, 0) is 0 Å². The van der Waals surface area contributed by atoms with Crippen LogP contribution in [0.2, 0.25) is 5.02 Å². The molecule has 0 amide bonds. The smallest absolute Gasteiger partial charge is 0.139 e. The van der Waals surface area contributed by atoms with Gasteiger partial charge >= 0.3 is 0 Å². The Hall–Kier alpha value is -1.39. The number of halogens is 1. The third-order valence-corrected chi connectivity index (χ3v) is 3.98. The quantitative estimate of drug-likeness (QED) is 0.916. The minimum atomic E-state index is 0.282. The van der Waals surface area contributed by atoms with Gasteiger partial charge in [0.1, 0.15) is 12.1 Å². The average Bonchev–Trinajstić information content (AvgIpc) is 2.47. The van der Waals surface area contributed by atoms with E-state index in [0.29, 0.717) is 10.9 Å². The number of rotatable bonds is 2. The van der Waals surface area contributed by atoms with Gasteiger partial charge in [-0.3, -0.25) is 0 Å². The highest BCUT2D eigenvalue weighted by Gasteiger charge is 2.21. The zero-order valence-corrected chi connectivity index (χ0v) is 11.3. The minimum Gasteiger partial charge on any atom is -0.396 e. The van der Waals surface area contributed by atoms with E-state index in [4.69, 9.17) is 11.6 Å². The Morgan fingerprint density at radius 1 is 1.26 bits per heavy atom. The van der Waals surface area contributed by atoms with Gasteiger partial charge in [-0.05, 0) is 37.0 Å². The van der Waals surface area contributed by atoms with Crippen molar-refractivity contribution in [3.63, 3.8) is 0 Å². The van der Waals surface area contributed by atoms with Gasteiger partial charge in [-0.1, -0.05) is 11.6 Å². The van der Waals surface area contributed by atoms with Gasteiger partial charge in [0, 0.05) is 30.1 Å². The van der Waals surface area contributed by atoms with Crippen molar-refractivity contribution in [2.24, 2.45) is 5.92 Å². The first-order valence-corrected chi connectivity index (χ1v) is 6.92. The lowest BCUT2D eigenvalue weighted by Gasteiger charge is -2.32. The summed E-state index contributed by atoms with van der Waals surface area (Å²) >= 11 is 6.07. The summed E-state index contributed by atoms with van der Waals surface area (Å²) in [4.78, 5) is 10.9. The molecular weight excluding hydrogens is 262 g/mol. The van der Waals surface area contributed by atoms with Crippen molar-refractivity contribution in [1.29, 1.82) is 0 Å². The molecule has 100 valence electrons. The van der Waals surface area contributed by atoms with Gasteiger partial charge in [0.15, 0.2) is 0 Å². The second kappa shape index (κ2) is 5.31. The Labute approximate surface area is 117 Å². The lowest BCUT2D eigenvalue weighted by Crippen LogP contribution is -2.35. The number of aliphatic hydroxyl groups is 1. The van der Waals surface area contributed by atoms with Gasteiger partial charge < -0.3 is 10.0 Å². The van der Waals surface area contributed by atoms with Gasteiger partial charge in [-0.2, -0.15) is 0 Å². The Morgan fingerprint density at radius 3 is 2.79 bits per heavy atom. The molecule has 1 aliphatic rings. The minimum absolute atomic E-state index is 0.282. The molecule has 0 saturated carbocycles. The predicted molar refractivity (Wildman–Crippen MR) is 76.6 cm³/mol. The highest BCUT2D eigenvalue weighted by atomic mass is 35.5. The molecule has 19 heavy (non-hydrogen) atoms. The van der Waals surface area contributed by atoms with E-state index in [-0.39, 0.29) is 6.61 Å². The summed E-state index contributed by atoms with van der Waals surface area (Å²) in [6, 6.07) is 5.69. The molecule has 0 unspecified atom stereocenters. The summed E-state index contributed by atoms with van der Waals surface area (Å²) in [6.45, 7) is 2.12. The van der Waals surface area contributed by atoms with Crippen LogP contribution in [0.25, 0.3) is 10.9 Å². The second-order valence-electron chi connectivity index (χ2n) is 4.97. The van der Waals surface area contributed by atoms with E-state index in [1.165, 1.54) is 0 Å². The summed E-state index contributed by atoms with van der Waals surface area (Å²) in [5, 5.41) is 10.9. The largest absolute Gasteiger partial charge is 0.396 e. The SMILES string of the molecule is OCC1CCN(c2ncnc3ccc(Cl)cc23)CC1. The molecule has 5 heteroatoms. The molecule has 1 fully saturated rings. The second-order valence-corrected chi connectivity index (χ2v) is 5.41. The molecule has 0 bridgehead atoms. The monoisotopic (exact) mass is 277 g/mol. The van der Waals surface area contributed by atoms with E-state index in [0.717, 1.165) is 42.7 Å². The fourth-order valence-corrected chi connectivity index (χ4v) is 2.77. The number of anilines is 1. The van der Waals surface area contributed by atoms with Gasteiger partial charge in [0.05, 0.1) is 5.52 Å². The fraction of sp³-hybridized carbons (Fsp3) is 0.429. The van der Waals surface area contributed by atoms with Crippen molar-refractivity contribution < 1.29 is 5.11 Å². The van der Waals surface area contributed by atoms with Crippen molar-refractivity contribution in [2.75, 3.05) is 24.6 Å². The molecule has 4 nitrogen and oxygen atoms in total. The molecule has 3 rings (SSSR count). The highest BCUT2D eigenvalue weighted by Crippen LogP contribution is 2.28. The number of hydrogen-bond acceptors (Lipinski definition) is 4. The number of piperidine rings is 1. The third-order valence-electron chi connectivity index (χ3n) is 3.75. The first-order valence-electron chi connectivity index (χ1n) is 6.54. The third kappa shape index (κ3) is 2.51.